The van der Waals surface area contributed by atoms with Gasteiger partial charge in [0.1, 0.15) is 0 Å². The Balaban J connectivity index is 2.55. The van der Waals surface area contributed by atoms with Gasteiger partial charge in [0.25, 0.3) is 0 Å². The van der Waals surface area contributed by atoms with Crippen LogP contribution in [-0.2, 0) is 4.79 Å². The van der Waals surface area contributed by atoms with Crippen molar-refractivity contribution in [1.29, 1.82) is 0 Å². The molecule has 3 heteroatoms. The van der Waals surface area contributed by atoms with Crippen molar-refractivity contribution in [2.45, 2.75) is 77.7 Å². The van der Waals surface area contributed by atoms with Gasteiger partial charge >= 0.3 is 0 Å². The molecule has 1 aliphatic rings. The van der Waals surface area contributed by atoms with Gasteiger partial charge in [-0.1, -0.05) is 39.5 Å². The Kier molecular flexibility index (Phi) is 8.11. The molecule has 1 rings (SSSR count). The number of amides is 1. The third kappa shape index (κ3) is 6.42. The van der Waals surface area contributed by atoms with E-state index in [2.05, 4.69) is 18.7 Å². The SMILES string of the molecule is CC(C)CCC(=O)N(CCCN)C1CCCCCC1. The van der Waals surface area contributed by atoms with Crippen molar-refractivity contribution in [2.24, 2.45) is 11.7 Å². The zero-order valence-electron chi connectivity index (χ0n) is 12.9. The third-order valence-corrected chi connectivity index (χ3v) is 4.12. The van der Waals surface area contributed by atoms with Gasteiger partial charge in [-0.3, -0.25) is 4.79 Å². The molecule has 0 heterocycles. The van der Waals surface area contributed by atoms with Crippen LogP contribution in [-0.4, -0.2) is 29.9 Å². The van der Waals surface area contributed by atoms with E-state index in [1.165, 1.54) is 38.5 Å². The van der Waals surface area contributed by atoms with Gasteiger partial charge in [0.2, 0.25) is 5.91 Å². The van der Waals surface area contributed by atoms with Crippen LogP contribution in [0.1, 0.15) is 71.6 Å². The molecule has 0 spiro atoms. The smallest absolute Gasteiger partial charge is 0.222 e. The van der Waals surface area contributed by atoms with Crippen LogP contribution in [0.5, 0.6) is 0 Å². The van der Waals surface area contributed by atoms with Gasteiger partial charge in [0.15, 0.2) is 0 Å². The van der Waals surface area contributed by atoms with Gasteiger partial charge in [-0.15, -0.1) is 0 Å². The lowest BCUT2D eigenvalue weighted by molar-refractivity contribution is -0.134. The van der Waals surface area contributed by atoms with E-state index in [0.29, 0.717) is 30.8 Å². The van der Waals surface area contributed by atoms with Crippen LogP contribution in [0.25, 0.3) is 0 Å². The van der Waals surface area contributed by atoms with E-state index in [-0.39, 0.29) is 0 Å². The van der Waals surface area contributed by atoms with Crippen LogP contribution >= 0.6 is 0 Å². The minimum absolute atomic E-state index is 0.356. The molecule has 1 aliphatic carbocycles. The van der Waals surface area contributed by atoms with E-state index < -0.39 is 0 Å². The summed E-state index contributed by atoms with van der Waals surface area (Å²) in [6.45, 7) is 5.91. The maximum absolute atomic E-state index is 12.5. The minimum atomic E-state index is 0.356. The zero-order valence-corrected chi connectivity index (χ0v) is 12.9. The molecule has 0 aromatic rings. The van der Waals surface area contributed by atoms with Gasteiger partial charge in [-0.25, -0.2) is 0 Å². The first kappa shape index (κ1) is 16.5. The summed E-state index contributed by atoms with van der Waals surface area (Å²) in [7, 11) is 0. The topological polar surface area (TPSA) is 46.3 Å². The van der Waals surface area contributed by atoms with E-state index in [1.54, 1.807) is 0 Å². The Morgan fingerprint density at radius 2 is 1.84 bits per heavy atom. The summed E-state index contributed by atoms with van der Waals surface area (Å²) < 4.78 is 0. The van der Waals surface area contributed by atoms with Crippen molar-refractivity contribution < 1.29 is 4.79 Å². The molecule has 1 fully saturated rings. The van der Waals surface area contributed by atoms with E-state index in [4.69, 9.17) is 5.73 Å². The number of carbonyl (C=O) groups is 1. The van der Waals surface area contributed by atoms with Crippen LogP contribution in [0.15, 0.2) is 0 Å². The van der Waals surface area contributed by atoms with Gasteiger partial charge in [0, 0.05) is 19.0 Å². The normalized spacial score (nSPS) is 17.5. The van der Waals surface area contributed by atoms with Crippen LogP contribution in [0.3, 0.4) is 0 Å². The van der Waals surface area contributed by atoms with Crippen LogP contribution in [0.2, 0.25) is 0 Å². The highest BCUT2D eigenvalue weighted by atomic mass is 16.2. The predicted molar refractivity (Wildman–Crippen MR) is 80.9 cm³/mol. The molecule has 0 bridgehead atoms. The van der Waals surface area contributed by atoms with Crippen molar-refractivity contribution in [3.8, 4) is 0 Å². The first-order valence-corrected chi connectivity index (χ1v) is 8.14. The number of hydrogen-bond donors (Lipinski definition) is 1. The second-order valence-electron chi connectivity index (χ2n) is 6.31. The summed E-state index contributed by atoms with van der Waals surface area (Å²) in [4.78, 5) is 14.6. The van der Waals surface area contributed by atoms with Gasteiger partial charge in [0.05, 0.1) is 0 Å². The molecule has 1 amide bonds. The van der Waals surface area contributed by atoms with Crippen LogP contribution in [0.4, 0.5) is 0 Å². The Labute approximate surface area is 118 Å². The maximum atomic E-state index is 12.5. The highest BCUT2D eigenvalue weighted by molar-refractivity contribution is 5.76. The van der Waals surface area contributed by atoms with Gasteiger partial charge in [-0.05, 0) is 38.1 Å². The van der Waals surface area contributed by atoms with Crippen molar-refractivity contribution in [2.75, 3.05) is 13.1 Å². The molecule has 19 heavy (non-hydrogen) atoms. The van der Waals surface area contributed by atoms with Crippen LogP contribution < -0.4 is 5.73 Å². The molecule has 3 nitrogen and oxygen atoms in total. The number of rotatable bonds is 7. The quantitative estimate of drug-likeness (QED) is 0.720. The summed E-state index contributed by atoms with van der Waals surface area (Å²) >= 11 is 0. The predicted octanol–water partition coefficient (Wildman–Crippen LogP) is 3.32. The van der Waals surface area contributed by atoms with Crippen molar-refractivity contribution >= 4 is 5.91 Å². The highest BCUT2D eigenvalue weighted by Gasteiger charge is 2.23. The summed E-state index contributed by atoms with van der Waals surface area (Å²) in [5.74, 6) is 0.962. The van der Waals surface area contributed by atoms with Crippen LogP contribution in [0, 0.1) is 5.92 Å². The number of nitrogens with zero attached hydrogens (tertiary/aromatic N) is 1. The van der Waals surface area contributed by atoms with Crippen molar-refractivity contribution in [1.82, 2.24) is 4.90 Å². The van der Waals surface area contributed by atoms with E-state index in [1.807, 2.05) is 0 Å². The fraction of sp³-hybridized carbons (Fsp3) is 0.938. The third-order valence-electron chi connectivity index (χ3n) is 4.12. The molecule has 2 N–H and O–H groups in total. The summed E-state index contributed by atoms with van der Waals surface area (Å²) in [5.41, 5.74) is 5.62. The second kappa shape index (κ2) is 9.35. The average molecular weight is 268 g/mol. The van der Waals surface area contributed by atoms with Gasteiger partial charge in [-0.2, -0.15) is 0 Å². The van der Waals surface area contributed by atoms with E-state index in [0.717, 1.165) is 19.4 Å². The minimum Gasteiger partial charge on any atom is -0.340 e. The molecule has 0 aromatic carbocycles. The average Bonchev–Trinajstić information content (AvgIpc) is 2.66. The number of hydrogen-bond acceptors (Lipinski definition) is 2. The molecule has 0 saturated heterocycles. The fourth-order valence-corrected chi connectivity index (χ4v) is 2.90. The van der Waals surface area contributed by atoms with Crippen molar-refractivity contribution in [3.05, 3.63) is 0 Å². The lowest BCUT2D eigenvalue weighted by Gasteiger charge is -2.31. The highest BCUT2D eigenvalue weighted by Crippen LogP contribution is 2.23. The number of carbonyl (C=O) groups excluding carboxylic acids is 1. The number of nitrogens with two attached hydrogens (primary N) is 1. The lowest BCUT2D eigenvalue weighted by Crippen LogP contribution is -2.41. The first-order chi connectivity index (χ1) is 9.15. The van der Waals surface area contributed by atoms with Gasteiger partial charge < -0.3 is 10.6 Å². The largest absolute Gasteiger partial charge is 0.340 e. The molecule has 0 unspecified atom stereocenters. The molecule has 112 valence electrons. The summed E-state index contributed by atoms with van der Waals surface area (Å²) in [6.07, 6.45) is 10.3. The first-order valence-electron chi connectivity index (χ1n) is 8.14. The molecule has 0 atom stereocenters. The fourth-order valence-electron chi connectivity index (χ4n) is 2.90. The van der Waals surface area contributed by atoms with Crippen molar-refractivity contribution in [3.63, 3.8) is 0 Å². The summed E-state index contributed by atoms with van der Waals surface area (Å²) in [6, 6.07) is 0.480. The summed E-state index contributed by atoms with van der Waals surface area (Å²) in [5, 5.41) is 0. The second-order valence-corrected chi connectivity index (χ2v) is 6.31. The Morgan fingerprint density at radius 3 is 2.37 bits per heavy atom. The molecule has 0 radical (unpaired) electrons. The monoisotopic (exact) mass is 268 g/mol. The molecule has 0 aliphatic heterocycles. The standard InChI is InChI=1S/C16H32N2O/c1-14(2)10-11-16(19)18(13-7-12-17)15-8-5-3-4-6-9-15/h14-15H,3-13,17H2,1-2H3. The lowest BCUT2D eigenvalue weighted by atomic mass is 10.0. The maximum Gasteiger partial charge on any atom is 0.222 e. The molecule has 0 aromatic heterocycles. The Bertz CT molecular complexity index is 245. The molecular weight excluding hydrogens is 236 g/mol. The Hall–Kier alpha value is -0.570. The molecular formula is C16H32N2O. The zero-order chi connectivity index (χ0) is 14.1. The Morgan fingerprint density at radius 1 is 1.21 bits per heavy atom. The molecule has 1 saturated carbocycles. The van der Waals surface area contributed by atoms with E-state index in [9.17, 15) is 4.79 Å². The van der Waals surface area contributed by atoms with E-state index >= 15 is 0 Å².